The summed E-state index contributed by atoms with van der Waals surface area (Å²) < 4.78 is 2.29. The number of rotatable bonds is 3. The molecule has 3 nitrogen and oxygen atoms in total. The summed E-state index contributed by atoms with van der Waals surface area (Å²) in [6, 6.07) is 0. The van der Waals surface area contributed by atoms with Gasteiger partial charge >= 0.3 is 0 Å². The van der Waals surface area contributed by atoms with Crippen LogP contribution in [0.1, 0.15) is 44.3 Å². The molecule has 1 aromatic heterocycles. The van der Waals surface area contributed by atoms with Crippen LogP contribution in [0, 0.1) is 23.7 Å². The van der Waals surface area contributed by atoms with Crippen LogP contribution in [0.25, 0.3) is 0 Å². The van der Waals surface area contributed by atoms with E-state index < -0.39 is 0 Å². The summed E-state index contributed by atoms with van der Waals surface area (Å²) in [6.07, 6.45) is 7.61. The molecule has 0 N–H and O–H groups in total. The fourth-order valence-corrected chi connectivity index (χ4v) is 4.61. The van der Waals surface area contributed by atoms with Gasteiger partial charge in [-0.3, -0.25) is 0 Å². The van der Waals surface area contributed by atoms with Gasteiger partial charge in [-0.2, -0.15) is 0 Å². The van der Waals surface area contributed by atoms with Crippen molar-refractivity contribution in [3.63, 3.8) is 0 Å². The first-order valence-corrected chi connectivity index (χ1v) is 6.78. The summed E-state index contributed by atoms with van der Waals surface area (Å²) in [5.41, 5.74) is 0. The molecule has 4 rings (SSSR count). The Morgan fingerprint density at radius 1 is 1.31 bits per heavy atom. The minimum absolute atomic E-state index is 0.778. The Bertz CT molecular complexity index is 395. The second-order valence-electron chi connectivity index (χ2n) is 5.90. The highest BCUT2D eigenvalue weighted by atomic mass is 15.3. The van der Waals surface area contributed by atoms with Gasteiger partial charge in [-0.25, -0.2) is 0 Å². The Morgan fingerprint density at radius 3 is 2.75 bits per heavy atom. The van der Waals surface area contributed by atoms with E-state index in [1.165, 1.54) is 31.5 Å². The van der Waals surface area contributed by atoms with Crippen LogP contribution >= 0.6 is 0 Å². The molecule has 86 valence electrons. The summed E-state index contributed by atoms with van der Waals surface area (Å²) >= 11 is 0. The second-order valence-corrected chi connectivity index (χ2v) is 5.90. The molecule has 0 saturated heterocycles. The highest BCUT2D eigenvalue weighted by Crippen LogP contribution is 2.72. The van der Waals surface area contributed by atoms with Gasteiger partial charge in [-0.05, 0) is 49.4 Å². The van der Waals surface area contributed by atoms with E-state index in [0.29, 0.717) is 0 Å². The molecular formula is C13H19N3. The third-order valence-electron chi connectivity index (χ3n) is 5.14. The van der Waals surface area contributed by atoms with E-state index in [1.54, 1.807) is 0 Å². The van der Waals surface area contributed by atoms with E-state index in [4.69, 9.17) is 0 Å². The van der Waals surface area contributed by atoms with Gasteiger partial charge in [0.05, 0.1) is 0 Å². The first kappa shape index (κ1) is 9.20. The maximum atomic E-state index is 4.39. The summed E-state index contributed by atoms with van der Waals surface area (Å²) in [5, 5.41) is 8.50. The van der Waals surface area contributed by atoms with Crippen LogP contribution in [0.3, 0.4) is 0 Å². The largest absolute Gasteiger partial charge is 0.317 e. The van der Waals surface area contributed by atoms with Crippen LogP contribution < -0.4 is 0 Å². The number of fused-ring (bicyclic) bond motifs is 5. The third-order valence-corrected chi connectivity index (χ3v) is 5.14. The van der Waals surface area contributed by atoms with Crippen molar-refractivity contribution in [2.75, 3.05) is 0 Å². The highest BCUT2D eigenvalue weighted by Gasteiger charge is 2.66. The predicted molar refractivity (Wildman–Crippen MR) is 60.9 cm³/mol. The molecule has 3 saturated carbocycles. The van der Waals surface area contributed by atoms with Gasteiger partial charge < -0.3 is 4.57 Å². The molecule has 0 amide bonds. The Kier molecular flexibility index (Phi) is 1.77. The highest BCUT2D eigenvalue weighted by molar-refractivity contribution is 5.24. The van der Waals surface area contributed by atoms with Crippen molar-refractivity contribution in [2.24, 2.45) is 23.7 Å². The zero-order valence-electron chi connectivity index (χ0n) is 9.84. The van der Waals surface area contributed by atoms with Crippen molar-refractivity contribution < 1.29 is 0 Å². The SMILES string of the molecule is CCCn1cnnc1C1C2C3CCC(C3)C12. The normalized spacial score (nSPS) is 43.7. The molecule has 0 aliphatic heterocycles. The van der Waals surface area contributed by atoms with Crippen molar-refractivity contribution >= 4 is 0 Å². The van der Waals surface area contributed by atoms with Gasteiger partial charge in [-0.15, -0.1) is 10.2 Å². The van der Waals surface area contributed by atoms with Gasteiger partial charge in [-0.1, -0.05) is 6.92 Å². The van der Waals surface area contributed by atoms with Gasteiger partial charge in [0, 0.05) is 12.5 Å². The summed E-state index contributed by atoms with van der Waals surface area (Å²) in [4.78, 5) is 0. The zero-order chi connectivity index (χ0) is 10.7. The average molecular weight is 217 g/mol. The molecule has 2 bridgehead atoms. The fourth-order valence-electron chi connectivity index (χ4n) is 4.61. The minimum Gasteiger partial charge on any atom is -0.317 e. The third kappa shape index (κ3) is 1.04. The molecular weight excluding hydrogens is 198 g/mol. The molecule has 0 radical (unpaired) electrons. The van der Waals surface area contributed by atoms with E-state index in [2.05, 4.69) is 21.7 Å². The summed E-state index contributed by atoms with van der Waals surface area (Å²) in [5.74, 6) is 6.12. The van der Waals surface area contributed by atoms with Crippen molar-refractivity contribution in [1.82, 2.24) is 14.8 Å². The van der Waals surface area contributed by atoms with Crippen LogP contribution in [0.2, 0.25) is 0 Å². The number of nitrogens with zero attached hydrogens (tertiary/aromatic N) is 3. The predicted octanol–water partition coefficient (Wildman–Crippen LogP) is 2.45. The molecule has 3 aliphatic rings. The number of aromatic nitrogens is 3. The first-order chi connectivity index (χ1) is 7.90. The standard InChI is InChI=1S/C13H19N3/c1-2-5-16-7-14-15-13(16)12-10-8-3-4-9(6-8)11(10)12/h7-12H,2-6H2,1H3. The molecule has 3 aliphatic carbocycles. The molecule has 16 heavy (non-hydrogen) atoms. The van der Waals surface area contributed by atoms with Crippen molar-refractivity contribution in [2.45, 2.75) is 45.1 Å². The second kappa shape index (κ2) is 3.08. The number of hydrogen-bond acceptors (Lipinski definition) is 2. The van der Waals surface area contributed by atoms with Crippen molar-refractivity contribution in [3.05, 3.63) is 12.2 Å². The van der Waals surface area contributed by atoms with E-state index in [-0.39, 0.29) is 0 Å². The molecule has 1 aromatic rings. The first-order valence-electron chi connectivity index (χ1n) is 6.78. The monoisotopic (exact) mass is 217 g/mol. The quantitative estimate of drug-likeness (QED) is 0.778. The Morgan fingerprint density at radius 2 is 2.06 bits per heavy atom. The lowest BCUT2D eigenvalue weighted by Crippen LogP contribution is -2.06. The molecule has 0 spiro atoms. The van der Waals surface area contributed by atoms with E-state index in [9.17, 15) is 0 Å². The lowest BCUT2D eigenvalue weighted by molar-refractivity contribution is 0.456. The summed E-state index contributed by atoms with van der Waals surface area (Å²) in [7, 11) is 0. The van der Waals surface area contributed by atoms with Crippen molar-refractivity contribution in [3.8, 4) is 0 Å². The van der Waals surface area contributed by atoms with Crippen LogP contribution in [0.5, 0.6) is 0 Å². The van der Waals surface area contributed by atoms with E-state index >= 15 is 0 Å². The van der Waals surface area contributed by atoms with Gasteiger partial charge in [0.25, 0.3) is 0 Å². The number of hydrogen-bond donors (Lipinski definition) is 0. The minimum atomic E-state index is 0.778. The lowest BCUT2D eigenvalue weighted by Gasteiger charge is -2.09. The van der Waals surface area contributed by atoms with Crippen LogP contribution in [-0.2, 0) is 6.54 Å². The Labute approximate surface area is 96.3 Å². The Hall–Kier alpha value is -0.860. The maximum absolute atomic E-state index is 4.39. The molecule has 4 unspecified atom stereocenters. The lowest BCUT2D eigenvalue weighted by atomic mass is 10.0. The fraction of sp³-hybridized carbons (Fsp3) is 0.846. The average Bonchev–Trinajstić information content (AvgIpc) is 2.73. The van der Waals surface area contributed by atoms with Crippen LogP contribution in [-0.4, -0.2) is 14.8 Å². The van der Waals surface area contributed by atoms with E-state index in [0.717, 1.165) is 36.1 Å². The molecule has 3 fully saturated rings. The molecule has 4 atom stereocenters. The van der Waals surface area contributed by atoms with Crippen LogP contribution in [0.15, 0.2) is 6.33 Å². The number of aryl methyl sites for hydroxylation is 1. The zero-order valence-corrected chi connectivity index (χ0v) is 9.84. The van der Waals surface area contributed by atoms with Gasteiger partial charge in [0.15, 0.2) is 0 Å². The topological polar surface area (TPSA) is 30.7 Å². The smallest absolute Gasteiger partial charge is 0.136 e. The molecule has 1 heterocycles. The Balaban J connectivity index is 1.61. The van der Waals surface area contributed by atoms with E-state index in [1.807, 2.05) is 6.33 Å². The van der Waals surface area contributed by atoms with Gasteiger partial charge in [0.1, 0.15) is 12.2 Å². The van der Waals surface area contributed by atoms with Crippen molar-refractivity contribution in [1.29, 1.82) is 0 Å². The summed E-state index contributed by atoms with van der Waals surface area (Å²) in [6.45, 7) is 3.31. The van der Waals surface area contributed by atoms with Gasteiger partial charge in [0.2, 0.25) is 0 Å². The maximum Gasteiger partial charge on any atom is 0.136 e. The molecule has 3 heteroatoms. The van der Waals surface area contributed by atoms with Crippen LogP contribution in [0.4, 0.5) is 0 Å². The molecule has 0 aromatic carbocycles.